The van der Waals surface area contributed by atoms with Crippen molar-refractivity contribution in [3.8, 4) is 78.9 Å². The lowest BCUT2D eigenvalue weighted by atomic mass is 9.95. The Bertz CT molecular complexity index is 3030. The molecule has 10 rings (SSSR count). The fourth-order valence-corrected chi connectivity index (χ4v) is 7.61. The minimum absolute atomic E-state index is 0.633. The highest BCUT2D eigenvalue weighted by molar-refractivity contribution is 5.86. The first-order chi connectivity index (χ1) is 28.4. The monoisotopic (exact) mass is 750 g/mol. The van der Waals surface area contributed by atoms with E-state index in [0.717, 1.165) is 112 Å². The van der Waals surface area contributed by atoms with E-state index in [1.54, 1.807) is 6.20 Å². The van der Waals surface area contributed by atoms with Crippen molar-refractivity contribution in [1.82, 2.24) is 19.9 Å². The maximum absolute atomic E-state index is 6.20. The summed E-state index contributed by atoms with van der Waals surface area (Å²) in [7, 11) is 0. The molecule has 4 heterocycles. The maximum Gasteiger partial charge on any atom is 0.227 e. The van der Waals surface area contributed by atoms with E-state index in [-0.39, 0.29) is 0 Å². The molecule has 6 aromatic carbocycles. The van der Waals surface area contributed by atoms with Gasteiger partial charge in [-0.05, 0) is 126 Å². The summed E-state index contributed by atoms with van der Waals surface area (Å²) in [6, 6.07) is 52.6. The van der Waals surface area contributed by atoms with Crippen molar-refractivity contribution in [2.45, 2.75) is 27.7 Å². The smallest absolute Gasteiger partial charge is 0.227 e. The lowest BCUT2D eigenvalue weighted by Crippen LogP contribution is -1.94. The van der Waals surface area contributed by atoms with Crippen molar-refractivity contribution in [2.24, 2.45) is 0 Å². The van der Waals surface area contributed by atoms with Crippen molar-refractivity contribution < 1.29 is 8.83 Å². The number of pyridine rings is 2. The molecule has 4 aromatic heterocycles. The number of aryl methyl sites for hydroxylation is 4. The number of hydrogen-bond donors (Lipinski definition) is 0. The number of aromatic nitrogens is 4. The molecule has 58 heavy (non-hydrogen) atoms. The summed E-state index contributed by atoms with van der Waals surface area (Å²) in [5, 5.41) is 0. The zero-order chi connectivity index (χ0) is 39.3. The van der Waals surface area contributed by atoms with Crippen LogP contribution in [0.2, 0.25) is 0 Å². The Morgan fingerprint density at radius 1 is 0.345 bits per heavy atom. The van der Waals surface area contributed by atoms with Gasteiger partial charge in [0.05, 0.1) is 17.1 Å². The number of benzene rings is 6. The summed E-state index contributed by atoms with van der Waals surface area (Å²) in [6.45, 7) is 8.24. The molecule has 0 bridgehead atoms. The van der Waals surface area contributed by atoms with Crippen LogP contribution >= 0.6 is 0 Å². The first kappa shape index (κ1) is 35.0. The zero-order valence-electron chi connectivity index (χ0n) is 32.6. The third kappa shape index (κ3) is 6.35. The number of fused-ring (bicyclic) bond motifs is 2. The molecule has 0 spiro atoms. The molecule has 0 unspecified atom stereocenters. The highest BCUT2D eigenvalue weighted by atomic mass is 16.4. The van der Waals surface area contributed by atoms with Crippen LogP contribution in [0.15, 0.2) is 167 Å². The van der Waals surface area contributed by atoms with E-state index in [1.807, 2.05) is 18.2 Å². The van der Waals surface area contributed by atoms with Crippen molar-refractivity contribution in [1.29, 1.82) is 0 Å². The van der Waals surface area contributed by atoms with E-state index in [9.17, 15) is 0 Å². The molecule has 0 saturated heterocycles. The molecule has 0 fully saturated rings. The summed E-state index contributed by atoms with van der Waals surface area (Å²) in [6.07, 6.45) is 1.80. The van der Waals surface area contributed by atoms with E-state index in [2.05, 4.69) is 166 Å². The topological polar surface area (TPSA) is 77.8 Å². The minimum Gasteiger partial charge on any atom is -0.436 e. The zero-order valence-corrected chi connectivity index (χ0v) is 32.6. The lowest BCUT2D eigenvalue weighted by Gasteiger charge is -2.13. The SMILES string of the molecule is Cc1ccc(C)c2oc(-c3ccc(-c4ccc(-c5ccc(-c6ccccn6)nc5-c5ccc(-c6ccc(-c7nc8c(C)ccc(C)c8o7)cc6)cc5)cc4)cc3)nc12. The van der Waals surface area contributed by atoms with Crippen LogP contribution in [0.4, 0.5) is 0 Å². The van der Waals surface area contributed by atoms with Gasteiger partial charge in [0.15, 0.2) is 11.2 Å². The lowest BCUT2D eigenvalue weighted by molar-refractivity contribution is 0.617. The molecule has 0 aliphatic rings. The largest absolute Gasteiger partial charge is 0.436 e. The third-order valence-corrected chi connectivity index (χ3v) is 11.0. The van der Waals surface area contributed by atoms with Gasteiger partial charge in [-0.25, -0.2) is 15.0 Å². The Kier molecular flexibility index (Phi) is 8.60. The number of rotatable bonds is 7. The van der Waals surface area contributed by atoms with Gasteiger partial charge in [-0.3, -0.25) is 4.98 Å². The summed E-state index contributed by atoms with van der Waals surface area (Å²) < 4.78 is 12.4. The highest BCUT2D eigenvalue weighted by Crippen LogP contribution is 2.37. The van der Waals surface area contributed by atoms with E-state index < -0.39 is 0 Å². The molecule has 278 valence electrons. The van der Waals surface area contributed by atoms with Gasteiger partial charge in [-0.2, -0.15) is 0 Å². The average molecular weight is 751 g/mol. The summed E-state index contributed by atoms with van der Waals surface area (Å²) >= 11 is 0. The quantitative estimate of drug-likeness (QED) is 0.161. The van der Waals surface area contributed by atoms with Crippen LogP contribution in [0.1, 0.15) is 22.3 Å². The van der Waals surface area contributed by atoms with Gasteiger partial charge in [0.25, 0.3) is 0 Å². The molecule has 0 saturated carbocycles. The summed E-state index contributed by atoms with van der Waals surface area (Å²) in [4.78, 5) is 19.4. The fourth-order valence-electron chi connectivity index (χ4n) is 7.61. The second-order valence-corrected chi connectivity index (χ2v) is 14.9. The highest BCUT2D eigenvalue weighted by Gasteiger charge is 2.16. The van der Waals surface area contributed by atoms with E-state index in [4.69, 9.17) is 23.8 Å². The van der Waals surface area contributed by atoms with E-state index in [1.165, 1.54) is 0 Å². The van der Waals surface area contributed by atoms with Crippen LogP contribution in [0.3, 0.4) is 0 Å². The number of nitrogens with zero attached hydrogens (tertiary/aromatic N) is 4. The van der Waals surface area contributed by atoms with Crippen LogP contribution < -0.4 is 0 Å². The normalized spacial score (nSPS) is 11.4. The Labute approximate surface area is 336 Å². The molecule has 0 radical (unpaired) electrons. The second-order valence-electron chi connectivity index (χ2n) is 14.9. The Morgan fingerprint density at radius 2 is 0.776 bits per heavy atom. The molecular weight excluding hydrogens is 713 g/mol. The van der Waals surface area contributed by atoms with Crippen molar-refractivity contribution >= 4 is 22.2 Å². The van der Waals surface area contributed by atoms with Gasteiger partial charge in [0, 0.05) is 28.5 Å². The van der Waals surface area contributed by atoms with Gasteiger partial charge in [0.1, 0.15) is 11.0 Å². The predicted octanol–water partition coefficient (Wildman–Crippen LogP) is 13.7. The van der Waals surface area contributed by atoms with Crippen molar-refractivity contribution in [2.75, 3.05) is 0 Å². The maximum atomic E-state index is 6.20. The minimum atomic E-state index is 0.633. The first-order valence-electron chi connectivity index (χ1n) is 19.4. The van der Waals surface area contributed by atoms with Crippen molar-refractivity contribution in [3.05, 3.63) is 180 Å². The van der Waals surface area contributed by atoms with Crippen LogP contribution in [0.25, 0.3) is 101 Å². The van der Waals surface area contributed by atoms with Gasteiger partial charge >= 0.3 is 0 Å². The molecule has 10 aromatic rings. The molecule has 6 nitrogen and oxygen atoms in total. The summed E-state index contributed by atoms with van der Waals surface area (Å²) in [5.41, 5.74) is 20.0. The Hall–Kier alpha value is -7.44. The molecule has 6 heteroatoms. The van der Waals surface area contributed by atoms with Crippen LogP contribution in [0.5, 0.6) is 0 Å². The molecule has 0 aliphatic carbocycles. The van der Waals surface area contributed by atoms with Crippen molar-refractivity contribution in [3.63, 3.8) is 0 Å². The second kappa shape index (κ2) is 14.3. The average Bonchev–Trinajstić information content (AvgIpc) is 3.95. The first-order valence-corrected chi connectivity index (χ1v) is 19.4. The van der Waals surface area contributed by atoms with Crippen LogP contribution in [0, 0.1) is 27.7 Å². The number of oxazole rings is 2. The molecule has 0 N–H and O–H groups in total. The standard InChI is InChI=1S/C52H38N4O2/c1-31-8-10-33(3)49-46(31)55-51(57-49)41-24-16-37(17-25-41)35-12-20-39(21-13-35)43-28-29-45(44-7-5-6-30-53-44)54-48(43)40-22-14-36(15-23-40)38-18-26-42(27-19-38)52-56-47-32(2)9-11-34(4)50(47)58-52/h5-30H,1-4H3. The van der Waals surface area contributed by atoms with E-state index >= 15 is 0 Å². The third-order valence-electron chi connectivity index (χ3n) is 11.0. The van der Waals surface area contributed by atoms with Gasteiger partial charge in [-0.1, -0.05) is 103 Å². The molecule has 0 atom stereocenters. The Balaban J connectivity index is 0.939. The predicted molar refractivity (Wildman–Crippen MR) is 234 cm³/mol. The van der Waals surface area contributed by atoms with E-state index in [0.29, 0.717) is 11.8 Å². The molecular formula is C52H38N4O2. The Morgan fingerprint density at radius 3 is 1.22 bits per heavy atom. The number of hydrogen-bond acceptors (Lipinski definition) is 6. The van der Waals surface area contributed by atoms with Crippen LogP contribution in [-0.2, 0) is 0 Å². The molecule has 0 amide bonds. The molecule has 0 aliphatic heterocycles. The summed E-state index contributed by atoms with van der Waals surface area (Å²) in [5.74, 6) is 1.27. The van der Waals surface area contributed by atoms with Gasteiger partial charge in [-0.15, -0.1) is 0 Å². The van der Waals surface area contributed by atoms with Gasteiger partial charge < -0.3 is 8.83 Å². The van der Waals surface area contributed by atoms with Gasteiger partial charge in [0.2, 0.25) is 11.8 Å². The van der Waals surface area contributed by atoms with Crippen LogP contribution in [-0.4, -0.2) is 19.9 Å². The fraction of sp³-hybridized carbons (Fsp3) is 0.0769.